The average molecular weight is 386 g/mol. The number of halogens is 1. The van der Waals surface area contributed by atoms with E-state index in [9.17, 15) is 12.8 Å². The van der Waals surface area contributed by atoms with E-state index in [1.54, 1.807) is 6.92 Å². The lowest BCUT2D eigenvalue weighted by atomic mass is 9.95. The molecule has 0 aliphatic carbocycles. The molecule has 1 aliphatic rings. The summed E-state index contributed by atoms with van der Waals surface area (Å²) in [6.45, 7) is 4.65. The van der Waals surface area contributed by atoms with Crippen molar-refractivity contribution in [1.29, 1.82) is 0 Å². The summed E-state index contributed by atoms with van der Waals surface area (Å²) in [7, 11) is -3.59. The maximum Gasteiger partial charge on any atom is 0.243 e. The highest BCUT2D eigenvalue weighted by molar-refractivity contribution is 7.89. The summed E-state index contributed by atoms with van der Waals surface area (Å²) in [5.41, 5.74) is 3.96. The smallest absolute Gasteiger partial charge is 0.243 e. The molecule has 0 spiro atoms. The van der Waals surface area contributed by atoms with Crippen LogP contribution in [0.5, 0.6) is 0 Å². The van der Waals surface area contributed by atoms with Crippen molar-refractivity contribution in [1.82, 2.24) is 9.29 Å². The Kier molecular flexibility index (Phi) is 4.56. The summed E-state index contributed by atoms with van der Waals surface area (Å²) in [5, 5.41) is 1.20. The maximum absolute atomic E-state index is 13.3. The minimum absolute atomic E-state index is 0.198. The van der Waals surface area contributed by atoms with Crippen LogP contribution in [0.25, 0.3) is 10.9 Å². The van der Waals surface area contributed by atoms with Gasteiger partial charge in [0.05, 0.1) is 4.90 Å². The molecule has 4 rings (SSSR count). The first-order chi connectivity index (χ1) is 12.8. The fraction of sp³-hybridized carbons (Fsp3) is 0.333. The molecule has 0 saturated carbocycles. The van der Waals surface area contributed by atoms with Gasteiger partial charge in [-0.1, -0.05) is 11.6 Å². The highest BCUT2D eigenvalue weighted by Gasteiger charge is 2.31. The third-order valence-corrected chi connectivity index (χ3v) is 7.50. The van der Waals surface area contributed by atoms with Crippen LogP contribution in [0.4, 0.5) is 4.39 Å². The van der Waals surface area contributed by atoms with Gasteiger partial charge in [0, 0.05) is 30.2 Å². The summed E-state index contributed by atoms with van der Waals surface area (Å²) in [6.07, 6.45) is 1.54. The summed E-state index contributed by atoms with van der Waals surface area (Å²) in [4.78, 5) is 3.68. The summed E-state index contributed by atoms with van der Waals surface area (Å²) >= 11 is 0. The van der Waals surface area contributed by atoms with E-state index in [2.05, 4.69) is 36.2 Å². The Morgan fingerprint density at radius 1 is 1.04 bits per heavy atom. The Morgan fingerprint density at radius 3 is 2.48 bits per heavy atom. The van der Waals surface area contributed by atoms with Gasteiger partial charge in [0.2, 0.25) is 10.0 Å². The number of piperidine rings is 1. The van der Waals surface area contributed by atoms with E-state index in [1.807, 2.05) is 0 Å². The van der Waals surface area contributed by atoms with E-state index in [0.29, 0.717) is 24.6 Å². The number of nitrogens with one attached hydrogen (secondary N) is 1. The molecule has 0 unspecified atom stereocenters. The molecule has 142 valence electrons. The number of nitrogens with zero attached hydrogens (tertiary/aromatic N) is 1. The fourth-order valence-corrected chi connectivity index (χ4v) is 5.62. The van der Waals surface area contributed by atoms with Crippen LogP contribution in [0.3, 0.4) is 0 Å². The molecule has 1 saturated heterocycles. The molecule has 2 heterocycles. The number of H-pyrrole nitrogens is 1. The van der Waals surface area contributed by atoms with Gasteiger partial charge in [0.15, 0.2) is 0 Å². The van der Waals surface area contributed by atoms with Crippen LogP contribution in [-0.2, 0) is 10.0 Å². The number of benzene rings is 2. The van der Waals surface area contributed by atoms with E-state index in [-0.39, 0.29) is 4.90 Å². The van der Waals surface area contributed by atoms with Crippen molar-refractivity contribution >= 4 is 20.9 Å². The quantitative estimate of drug-likeness (QED) is 0.721. The number of fused-ring (bicyclic) bond motifs is 1. The van der Waals surface area contributed by atoms with Crippen molar-refractivity contribution < 1.29 is 12.8 Å². The number of hydrogen-bond acceptors (Lipinski definition) is 2. The molecule has 1 fully saturated rings. The van der Waals surface area contributed by atoms with Crippen LogP contribution in [0, 0.1) is 19.7 Å². The normalized spacial score (nSPS) is 16.9. The van der Waals surface area contributed by atoms with Gasteiger partial charge in [-0.2, -0.15) is 4.31 Å². The third-order valence-electron chi connectivity index (χ3n) is 5.45. The van der Waals surface area contributed by atoms with Crippen LogP contribution >= 0.6 is 0 Å². The first-order valence-electron chi connectivity index (χ1n) is 9.20. The second-order valence-electron chi connectivity index (χ2n) is 7.40. The zero-order valence-corrected chi connectivity index (χ0v) is 16.3. The topological polar surface area (TPSA) is 53.2 Å². The molecule has 0 amide bonds. The van der Waals surface area contributed by atoms with E-state index in [4.69, 9.17) is 0 Å². The second kappa shape index (κ2) is 6.77. The van der Waals surface area contributed by atoms with Gasteiger partial charge in [-0.3, -0.25) is 0 Å². The monoisotopic (exact) mass is 386 g/mol. The lowest BCUT2D eigenvalue weighted by Gasteiger charge is -2.31. The van der Waals surface area contributed by atoms with Crippen LogP contribution in [0.2, 0.25) is 0 Å². The van der Waals surface area contributed by atoms with Crippen LogP contribution < -0.4 is 0 Å². The summed E-state index contributed by atoms with van der Waals surface area (Å²) in [5.74, 6) is -0.0994. The second-order valence-corrected chi connectivity index (χ2v) is 9.31. The van der Waals surface area contributed by atoms with Crippen molar-refractivity contribution in [3.8, 4) is 0 Å². The fourth-order valence-electron chi connectivity index (χ4n) is 3.94. The van der Waals surface area contributed by atoms with Crippen LogP contribution in [0.1, 0.15) is 35.6 Å². The largest absolute Gasteiger partial charge is 0.358 e. The first-order valence-corrected chi connectivity index (χ1v) is 10.6. The Morgan fingerprint density at radius 2 is 1.78 bits per heavy atom. The first kappa shape index (κ1) is 18.2. The van der Waals surface area contributed by atoms with Crippen molar-refractivity contribution in [3.05, 3.63) is 65.1 Å². The van der Waals surface area contributed by atoms with Crippen molar-refractivity contribution in [2.75, 3.05) is 13.1 Å². The van der Waals surface area contributed by atoms with Gasteiger partial charge in [-0.25, -0.2) is 12.8 Å². The minimum Gasteiger partial charge on any atom is -0.358 e. The minimum atomic E-state index is -3.59. The van der Waals surface area contributed by atoms with Crippen molar-refractivity contribution in [2.45, 2.75) is 37.5 Å². The Bertz CT molecular complexity index is 1100. The number of aromatic nitrogens is 1. The van der Waals surface area contributed by atoms with Gasteiger partial charge < -0.3 is 4.98 Å². The van der Waals surface area contributed by atoms with Gasteiger partial charge >= 0.3 is 0 Å². The van der Waals surface area contributed by atoms with Gasteiger partial charge in [-0.05, 0) is 74.0 Å². The number of hydrogen-bond donors (Lipinski definition) is 1. The SMILES string of the molecule is Cc1ccc2[nH]c(C3CCN(S(=O)(=O)c4ccc(F)cc4C)CC3)cc2c1. The number of aryl methyl sites for hydroxylation is 2. The van der Waals surface area contributed by atoms with Crippen molar-refractivity contribution in [3.63, 3.8) is 0 Å². The lowest BCUT2D eigenvalue weighted by molar-refractivity contribution is 0.317. The number of rotatable bonds is 3. The van der Waals surface area contributed by atoms with E-state index in [0.717, 1.165) is 18.4 Å². The zero-order valence-electron chi connectivity index (χ0n) is 15.5. The van der Waals surface area contributed by atoms with E-state index in [1.165, 1.54) is 39.1 Å². The molecule has 0 atom stereocenters. The predicted octanol–water partition coefficient (Wildman–Crippen LogP) is 4.49. The van der Waals surface area contributed by atoms with Gasteiger partial charge in [0.1, 0.15) is 5.82 Å². The van der Waals surface area contributed by atoms with Crippen LogP contribution in [-0.4, -0.2) is 30.8 Å². The standard InChI is InChI=1S/C21H23FN2O2S/c1-14-3-5-19-17(11-14)13-20(23-19)16-7-9-24(10-8-16)27(25,26)21-6-4-18(22)12-15(21)2/h3-6,11-13,16,23H,7-10H2,1-2H3. The molecule has 1 aromatic heterocycles. The number of sulfonamides is 1. The highest BCUT2D eigenvalue weighted by atomic mass is 32.2. The van der Waals surface area contributed by atoms with Crippen molar-refractivity contribution in [2.24, 2.45) is 0 Å². The third kappa shape index (κ3) is 3.39. The average Bonchev–Trinajstić information content (AvgIpc) is 3.04. The molecule has 2 aromatic carbocycles. The molecule has 0 bridgehead atoms. The molecule has 3 aromatic rings. The van der Waals surface area contributed by atoms with E-state index < -0.39 is 15.8 Å². The molecular weight excluding hydrogens is 363 g/mol. The van der Waals surface area contributed by atoms with Gasteiger partial charge in [0.25, 0.3) is 0 Å². The highest BCUT2D eigenvalue weighted by Crippen LogP contribution is 2.32. The number of aromatic amines is 1. The Balaban J connectivity index is 1.52. The zero-order chi connectivity index (χ0) is 19.2. The molecular formula is C21H23FN2O2S. The molecule has 1 N–H and O–H groups in total. The summed E-state index contributed by atoms with van der Waals surface area (Å²) in [6, 6.07) is 12.4. The van der Waals surface area contributed by atoms with Crippen LogP contribution in [0.15, 0.2) is 47.4 Å². The molecule has 0 radical (unpaired) electrons. The summed E-state index contributed by atoms with van der Waals surface area (Å²) < 4.78 is 40.7. The van der Waals surface area contributed by atoms with Gasteiger partial charge in [-0.15, -0.1) is 0 Å². The van der Waals surface area contributed by atoms with E-state index >= 15 is 0 Å². The molecule has 6 heteroatoms. The molecule has 1 aliphatic heterocycles. The molecule has 4 nitrogen and oxygen atoms in total. The predicted molar refractivity (Wildman–Crippen MR) is 105 cm³/mol. The molecule has 27 heavy (non-hydrogen) atoms. The maximum atomic E-state index is 13.3. The lowest BCUT2D eigenvalue weighted by Crippen LogP contribution is -2.38. The Labute approximate surface area is 159 Å². The Hall–Kier alpha value is -2.18.